The molecule has 0 saturated heterocycles. The van der Waals surface area contributed by atoms with Crippen LogP contribution in [0.4, 0.5) is 4.39 Å². The van der Waals surface area contributed by atoms with Crippen molar-refractivity contribution in [3.63, 3.8) is 0 Å². The van der Waals surface area contributed by atoms with Crippen molar-refractivity contribution in [2.45, 2.75) is 19.3 Å². The number of imidazole rings is 1. The van der Waals surface area contributed by atoms with Crippen LogP contribution in [0.3, 0.4) is 0 Å². The number of unbranched alkanes of at least 4 members (excludes halogenated alkanes) is 1. The van der Waals surface area contributed by atoms with Crippen molar-refractivity contribution >= 4 is 22.6 Å². The lowest BCUT2D eigenvalue weighted by molar-refractivity contribution is 0.629. The second kappa shape index (κ2) is 4.62. The summed E-state index contributed by atoms with van der Waals surface area (Å²) in [6, 6.07) is 4.57. The van der Waals surface area contributed by atoms with Crippen molar-refractivity contribution in [2.24, 2.45) is 0 Å². The molecule has 2 aromatic rings. The molecule has 80 valence electrons. The Balaban J connectivity index is 2.16. The summed E-state index contributed by atoms with van der Waals surface area (Å²) in [5, 5.41) is 0. The topological polar surface area (TPSA) is 28.7 Å². The lowest BCUT2D eigenvalue weighted by Crippen LogP contribution is -1.88. The molecular weight excluding hydrogens is 215 g/mol. The first kappa shape index (κ1) is 10.4. The number of nitrogens with one attached hydrogen (secondary N) is 1. The van der Waals surface area contributed by atoms with Gasteiger partial charge in [0, 0.05) is 12.3 Å². The smallest absolute Gasteiger partial charge is 0.125 e. The molecule has 4 heteroatoms. The molecule has 0 saturated carbocycles. The van der Waals surface area contributed by atoms with Gasteiger partial charge in [-0.15, -0.1) is 11.6 Å². The Morgan fingerprint density at radius 3 is 3.00 bits per heavy atom. The predicted molar refractivity (Wildman–Crippen MR) is 59.7 cm³/mol. The molecule has 15 heavy (non-hydrogen) atoms. The van der Waals surface area contributed by atoms with Crippen LogP contribution in [0.5, 0.6) is 0 Å². The fourth-order valence-corrected chi connectivity index (χ4v) is 1.73. The van der Waals surface area contributed by atoms with Crippen molar-refractivity contribution in [3.05, 3.63) is 29.8 Å². The number of fused-ring (bicyclic) bond motifs is 1. The number of aromatic amines is 1. The second-order valence-corrected chi connectivity index (χ2v) is 3.87. The fourth-order valence-electron chi connectivity index (χ4n) is 1.54. The highest BCUT2D eigenvalue weighted by Gasteiger charge is 2.03. The largest absolute Gasteiger partial charge is 0.342 e. The average Bonchev–Trinajstić information content (AvgIpc) is 2.60. The summed E-state index contributed by atoms with van der Waals surface area (Å²) >= 11 is 5.59. The van der Waals surface area contributed by atoms with Crippen LogP contribution in [-0.4, -0.2) is 15.8 Å². The van der Waals surface area contributed by atoms with Gasteiger partial charge in [0.2, 0.25) is 0 Å². The maximum absolute atomic E-state index is 12.9. The van der Waals surface area contributed by atoms with Crippen molar-refractivity contribution in [1.82, 2.24) is 9.97 Å². The van der Waals surface area contributed by atoms with Crippen LogP contribution < -0.4 is 0 Å². The molecule has 0 atom stereocenters. The predicted octanol–water partition coefficient (Wildman–Crippen LogP) is 3.26. The summed E-state index contributed by atoms with van der Waals surface area (Å²) in [5.74, 6) is 1.34. The third-order valence-electron chi connectivity index (χ3n) is 2.29. The number of hydrogen-bond donors (Lipinski definition) is 1. The standard InChI is InChI=1S/C11H12ClFN2/c12-6-2-1-3-11-14-9-5-4-8(13)7-10(9)15-11/h4-5,7H,1-3,6H2,(H,14,15). The summed E-state index contributed by atoms with van der Waals surface area (Å²) in [5.41, 5.74) is 1.58. The summed E-state index contributed by atoms with van der Waals surface area (Å²) in [4.78, 5) is 7.46. The molecule has 0 aliphatic rings. The van der Waals surface area contributed by atoms with E-state index >= 15 is 0 Å². The minimum absolute atomic E-state index is 0.238. The second-order valence-electron chi connectivity index (χ2n) is 3.49. The summed E-state index contributed by atoms with van der Waals surface area (Å²) in [7, 11) is 0. The maximum atomic E-state index is 12.9. The van der Waals surface area contributed by atoms with Gasteiger partial charge in [-0.1, -0.05) is 0 Å². The monoisotopic (exact) mass is 226 g/mol. The minimum Gasteiger partial charge on any atom is -0.342 e. The van der Waals surface area contributed by atoms with Gasteiger partial charge in [-0.3, -0.25) is 0 Å². The van der Waals surface area contributed by atoms with Crippen LogP contribution in [0, 0.1) is 5.82 Å². The van der Waals surface area contributed by atoms with Gasteiger partial charge in [-0.05, 0) is 31.0 Å². The lowest BCUT2D eigenvalue weighted by atomic mass is 10.2. The number of alkyl halides is 1. The summed E-state index contributed by atoms with van der Waals surface area (Å²) < 4.78 is 12.9. The number of nitrogens with zero attached hydrogens (tertiary/aromatic N) is 1. The first-order chi connectivity index (χ1) is 7.29. The number of H-pyrrole nitrogens is 1. The van der Waals surface area contributed by atoms with E-state index in [1.807, 2.05) is 0 Å². The Morgan fingerprint density at radius 1 is 1.33 bits per heavy atom. The Hall–Kier alpha value is -1.09. The molecule has 1 aromatic carbocycles. The van der Waals surface area contributed by atoms with Crippen LogP contribution >= 0.6 is 11.6 Å². The maximum Gasteiger partial charge on any atom is 0.125 e. The SMILES string of the molecule is Fc1ccc2nc(CCCCCl)[nH]c2c1. The van der Waals surface area contributed by atoms with E-state index in [0.717, 1.165) is 36.1 Å². The van der Waals surface area contributed by atoms with E-state index in [1.165, 1.54) is 12.1 Å². The van der Waals surface area contributed by atoms with Crippen molar-refractivity contribution in [1.29, 1.82) is 0 Å². The highest BCUT2D eigenvalue weighted by molar-refractivity contribution is 6.17. The summed E-state index contributed by atoms with van der Waals surface area (Å²) in [6.45, 7) is 0. The molecule has 0 radical (unpaired) electrons. The van der Waals surface area contributed by atoms with Gasteiger partial charge in [-0.2, -0.15) is 0 Å². The lowest BCUT2D eigenvalue weighted by Gasteiger charge is -1.92. The number of aryl methyl sites for hydroxylation is 1. The highest BCUT2D eigenvalue weighted by atomic mass is 35.5. The molecule has 1 aromatic heterocycles. The van der Waals surface area contributed by atoms with E-state index in [0.29, 0.717) is 5.88 Å². The van der Waals surface area contributed by atoms with Gasteiger partial charge in [0.25, 0.3) is 0 Å². The van der Waals surface area contributed by atoms with E-state index in [-0.39, 0.29) is 5.82 Å². The quantitative estimate of drug-likeness (QED) is 0.629. The molecule has 0 unspecified atom stereocenters. The van der Waals surface area contributed by atoms with E-state index in [1.54, 1.807) is 6.07 Å². The van der Waals surface area contributed by atoms with Crippen LogP contribution in [0.15, 0.2) is 18.2 Å². The van der Waals surface area contributed by atoms with Gasteiger partial charge >= 0.3 is 0 Å². The molecule has 2 rings (SSSR count). The molecule has 0 aliphatic heterocycles. The average molecular weight is 227 g/mol. The minimum atomic E-state index is -0.238. The molecule has 0 amide bonds. The van der Waals surface area contributed by atoms with E-state index < -0.39 is 0 Å². The molecular formula is C11H12ClFN2. The van der Waals surface area contributed by atoms with Gasteiger partial charge < -0.3 is 4.98 Å². The zero-order chi connectivity index (χ0) is 10.7. The van der Waals surface area contributed by atoms with Crippen LogP contribution in [-0.2, 0) is 6.42 Å². The third kappa shape index (κ3) is 2.48. The number of halogens is 2. The van der Waals surface area contributed by atoms with E-state index in [2.05, 4.69) is 9.97 Å². The highest BCUT2D eigenvalue weighted by Crippen LogP contribution is 2.14. The number of benzene rings is 1. The van der Waals surface area contributed by atoms with Crippen LogP contribution in [0.2, 0.25) is 0 Å². The molecule has 1 heterocycles. The molecule has 0 spiro atoms. The van der Waals surface area contributed by atoms with Crippen molar-refractivity contribution in [2.75, 3.05) is 5.88 Å². The van der Waals surface area contributed by atoms with Crippen LogP contribution in [0.1, 0.15) is 18.7 Å². The zero-order valence-corrected chi connectivity index (χ0v) is 9.02. The molecule has 1 N–H and O–H groups in total. The molecule has 2 nitrogen and oxygen atoms in total. The Labute approximate surface area is 92.5 Å². The Morgan fingerprint density at radius 2 is 2.20 bits per heavy atom. The van der Waals surface area contributed by atoms with Crippen molar-refractivity contribution < 1.29 is 4.39 Å². The molecule has 0 bridgehead atoms. The van der Waals surface area contributed by atoms with Gasteiger partial charge in [-0.25, -0.2) is 9.37 Å². The first-order valence-electron chi connectivity index (χ1n) is 5.00. The normalized spacial score (nSPS) is 11.1. The van der Waals surface area contributed by atoms with Crippen molar-refractivity contribution in [3.8, 4) is 0 Å². The van der Waals surface area contributed by atoms with E-state index in [9.17, 15) is 4.39 Å². The molecule has 0 fully saturated rings. The number of hydrogen-bond acceptors (Lipinski definition) is 1. The zero-order valence-electron chi connectivity index (χ0n) is 8.26. The number of aromatic nitrogens is 2. The fraction of sp³-hybridized carbons (Fsp3) is 0.364. The summed E-state index contributed by atoms with van der Waals surface area (Å²) in [6.07, 6.45) is 2.85. The van der Waals surface area contributed by atoms with E-state index in [4.69, 9.17) is 11.6 Å². The Kier molecular flexibility index (Phi) is 3.21. The van der Waals surface area contributed by atoms with Gasteiger partial charge in [0.15, 0.2) is 0 Å². The van der Waals surface area contributed by atoms with Gasteiger partial charge in [0.05, 0.1) is 11.0 Å². The molecule has 0 aliphatic carbocycles. The van der Waals surface area contributed by atoms with Gasteiger partial charge in [0.1, 0.15) is 11.6 Å². The Bertz CT molecular complexity index is 453. The third-order valence-corrected chi connectivity index (χ3v) is 2.56. The van der Waals surface area contributed by atoms with Crippen LogP contribution in [0.25, 0.3) is 11.0 Å². The first-order valence-corrected chi connectivity index (χ1v) is 5.53. The number of rotatable bonds is 4.